The largest absolute Gasteiger partial charge is 0.325 e. The van der Waals surface area contributed by atoms with Crippen LogP contribution in [-0.4, -0.2) is 31.8 Å². The molecule has 0 aliphatic heterocycles. The maximum atomic E-state index is 12.3. The Morgan fingerprint density at radius 3 is 2.50 bits per heavy atom. The van der Waals surface area contributed by atoms with Crippen LogP contribution in [0, 0.1) is 10.1 Å². The molecule has 0 fully saturated rings. The lowest BCUT2D eigenvalue weighted by molar-refractivity contribution is -0.384. The van der Waals surface area contributed by atoms with Gasteiger partial charge in [0.1, 0.15) is 11.4 Å². The minimum atomic E-state index is -0.507. The van der Waals surface area contributed by atoms with Gasteiger partial charge in [0.25, 0.3) is 5.69 Å². The highest BCUT2D eigenvalue weighted by atomic mass is 32.2. The molecule has 0 bridgehead atoms. The third-order valence-corrected chi connectivity index (χ3v) is 5.59. The molecule has 5 rings (SSSR count). The maximum absolute atomic E-state index is 12.3. The summed E-state index contributed by atoms with van der Waals surface area (Å²) >= 11 is 1.16. The lowest BCUT2D eigenvalue weighted by Crippen LogP contribution is -2.14. The SMILES string of the molecule is O=C(CSc1nnc2c(n1)-c1cccc3cccc-2c13)Nc1cccc([N+](=O)[O-])c1. The molecular weight excluding hydrogens is 402 g/mol. The average molecular weight is 415 g/mol. The van der Waals surface area contributed by atoms with Gasteiger partial charge in [0.2, 0.25) is 11.1 Å². The molecule has 1 aliphatic rings. The third-order valence-electron chi connectivity index (χ3n) is 4.76. The molecule has 146 valence electrons. The number of nitro groups is 1. The van der Waals surface area contributed by atoms with E-state index >= 15 is 0 Å². The number of hydrogen-bond acceptors (Lipinski definition) is 7. The molecule has 0 radical (unpaired) electrons. The maximum Gasteiger partial charge on any atom is 0.271 e. The smallest absolute Gasteiger partial charge is 0.271 e. The number of aromatic nitrogens is 3. The fraction of sp³-hybridized carbons (Fsp3) is 0.0476. The second-order valence-corrected chi connectivity index (χ2v) is 7.59. The number of carbonyl (C=O) groups is 1. The van der Waals surface area contributed by atoms with Gasteiger partial charge < -0.3 is 5.32 Å². The summed E-state index contributed by atoms with van der Waals surface area (Å²) in [5.41, 5.74) is 3.81. The van der Waals surface area contributed by atoms with E-state index in [2.05, 4.69) is 32.6 Å². The van der Waals surface area contributed by atoms with E-state index in [1.807, 2.05) is 24.3 Å². The van der Waals surface area contributed by atoms with Crippen molar-refractivity contribution in [2.24, 2.45) is 0 Å². The number of non-ortho nitro benzene ring substituents is 1. The molecule has 0 atom stereocenters. The topological polar surface area (TPSA) is 111 Å². The van der Waals surface area contributed by atoms with Crippen molar-refractivity contribution in [2.75, 3.05) is 11.1 Å². The normalized spacial score (nSPS) is 11.3. The molecule has 9 heteroatoms. The molecule has 3 aromatic carbocycles. The van der Waals surface area contributed by atoms with Crippen molar-refractivity contribution in [3.05, 3.63) is 70.8 Å². The first-order valence-electron chi connectivity index (χ1n) is 9.04. The molecule has 0 saturated heterocycles. The Labute approximate surface area is 174 Å². The lowest BCUT2D eigenvalue weighted by atomic mass is 10.0. The molecule has 1 amide bonds. The first-order chi connectivity index (χ1) is 14.6. The van der Waals surface area contributed by atoms with E-state index in [1.54, 1.807) is 6.07 Å². The summed E-state index contributed by atoms with van der Waals surface area (Å²) in [4.78, 5) is 27.2. The highest BCUT2D eigenvalue weighted by Crippen LogP contribution is 2.44. The number of nitrogens with one attached hydrogen (secondary N) is 1. The van der Waals surface area contributed by atoms with E-state index in [4.69, 9.17) is 0 Å². The number of nitrogens with zero attached hydrogens (tertiary/aromatic N) is 4. The zero-order valence-electron chi connectivity index (χ0n) is 15.4. The lowest BCUT2D eigenvalue weighted by Gasteiger charge is -2.05. The summed E-state index contributed by atoms with van der Waals surface area (Å²) in [7, 11) is 0. The standard InChI is InChI=1S/C21H13N5O3S/c27-17(22-13-6-3-7-14(10-13)26(28)29)11-30-21-23-19-15-8-1-4-12-5-2-9-16(18(12)15)20(19)24-25-21/h1-10H,11H2,(H,22,27). The second-order valence-electron chi connectivity index (χ2n) is 6.65. The molecule has 1 aliphatic carbocycles. The Hall–Kier alpha value is -3.85. The average Bonchev–Trinajstić information content (AvgIpc) is 3.08. The fourth-order valence-electron chi connectivity index (χ4n) is 3.50. The number of anilines is 1. The predicted molar refractivity (Wildman–Crippen MR) is 114 cm³/mol. The first-order valence-corrected chi connectivity index (χ1v) is 10.0. The van der Waals surface area contributed by atoms with E-state index in [0.717, 1.165) is 45.0 Å². The molecule has 8 nitrogen and oxygen atoms in total. The molecule has 0 saturated carbocycles. The van der Waals surface area contributed by atoms with Crippen LogP contribution in [0.3, 0.4) is 0 Å². The number of benzene rings is 3. The monoisotopic (exact) mass is 415 g/mol. The molecule has 1 heterocycles. The van der Waals surface area contributed by atoms with Crippen LogP contribution >= 0.6 is 11.8 Å². The summed E-state index contributed by atoms with van der Waals surface area (Å²) in [5.74, 6) is -0.254. The van der Waals surface area contributed by atoms with Crippen molar-refractivity contribution in [1.82, 2.24) is 15.2 Å². The van der Waals surface area contributed by atoms with Crippen LogP contribution in [0.5, 0.6) is 0 Å². The van der Waals surface area contributed by atoms with Crippen molar-refractivity contribution in [3.63, 3.8) is 0 Å². The Balaban J connectivity index is 1.33. The Morgan fingerprint density at radius 2 is 1.73 bits per heavy atom. The van der Waals surface area contributed by atoms with Crippen LogP contribution in [0.15, 0.2) is 65.8 Å². The summed E-state index contributed by atoms with van der Waals surface area (Å²) < 4.78 is 0. The highest BCUT2D eigenvalue weighted by molar-refractivity contribution is 7.99. The van der Waals surface area contributed by atoms with Crippen molar-refractivity contribution >= 4 is 39.8 Å². The fourth-order valence-corrected chi connectivity index (χ4v) is 4.09. The Morgan fingerprint density at radius 1 is 1.00 bits per heavy atom. The van der Waals surface area contributed by atoms with Crippen LogP contribution in [0.25, 0.3) is 33.3 Å². The number of fused-ring (bicyclic) bond motifs is 3. The van der Waals surface area contributed by atoms with Gasteiger partial charge in [-0.15, -0.1) is 10.2 Å². The van der Waals surface area contributed by atoms with Crippen LogP contribution in [0.1, 0.15) is 0 Å². The van der Waals surface area contributed by atoms with E-state index < -0.39 is 4.92 Å². The van der Waals surface area contributed by atoms with Gasteiger partial charge in [0, 0.05) is 34.3 Å². The van der Waals surface area contributed by atoms with Gasteiger partial charge in [-0.2, -0.15) is 0 Å². The van der Waals surface area contributed by atoms with E-state index in [-0.39, 0.29) is 17.3 Å². The summed E-state index contributed by atoms with van der Waals surface area (Å²) in [5, 5.41) is 24.7. The second kappa shape index (κ2) is 7.20. The van der Waals surface area contributed by atoms with Crippen LogP contribution in [0.4, 0.5) is 11.4 Å². The van der Waals surface area contributed by atoms with Crippen molar-refractivity contribution in [2.45, 2.75) is 5.16 Å². The zero-order valence-corrected chi connectivity index (χ0v) is 16.2. The molecular formula is C21H13N5O3S. The zero-order chi connectivity index (χ0) is 20.7. The molecule has 1 N–H and O–H groups in total. The van der Waals surface area contributed by atoms with Gasteiger partial charge in [-0.1, -0.05) is 54.2 Å². The minimum absolute atomic E-state index is 0.0559. The molecule has 4 aromatic rings. The van der Waals surface area contributed by atoms with Crippen molar-refractivity contribution in [1.29, 1.82) is 0 Å². The van der Waals surface area contributed by atoms with Gasteiger partial charge >= 0.3 is 0 Å². The molecule has 30 heavy (non-hydrogen) atoms. The summed E-state index contributed by atoms with van der Waals surface area (Å²) in [6, 6.07) is 17.9. The number of nitro benzene ring substituents is 1. The number of thioether (sulfide) groups is 1. The summed E-state index contributed by atoms with van der Waals surface area (Å²) in [6.07, 6.45) is 0. The molecule has 1 aromatic heterocycles. The highest BCUT2D eigenvalue weighted by Gasteiger charge is 2.25. The van der Waals surface area contributed by atoms with Gasteiger partial charge in [-0.25, -0.2) is 4.98 Å². The van der Waals surface area contributed by atoms with Crippen LogP contribution in [0.2, 0.25) is 0 Å². The van der Waals surface area contributed by atoms with Gasteiger partial charge in [-0.3, -0.25) is 14.9 Å². The molecule has 0 unspecified atom stereocenters. The Bertz CT molecular complexity index is 1340. The summed E-state index contributed by atoms with van der Waals surface area (Å²) in [6.45, 7) is 0. The number of hydrogen-bond donors (Lipinski definition) is 1. The van der Waals surface area contributed by atoms with Crippen molar-refractivity contribution in [3.8, 4) is 22.5 Å². The van der Waals surface area contributed by atoms with E-state index in [9.17, 15) is 14.9 Å². The van der Waals surface area contributed by atoms with E-state index in [1.165, 1.54) is 18.2 Å². The number of rotatable bonds is 5. The predicted octanol–water partition coefficient (Wildman–Crippen LogP) is 4.31. The van der Waals surface area contributed by atoms with Gasteiger partial charge in [0.15, 0.2) is 0 Å². The minimum Gasteiger partial charge on any atom is -0.325 e. The Kier molecular flexibility index (Phi) is 4.36. The van der Waals surface area contributed by atoms with Gasteiger partial charge in [0.05, 0.1) is 10.7 Å². The molecule has 0 spiro atoms. The number of amides is 1. The quantitative estimate of drug-likeness (QED) is 0.259. The van der Waals surface area contributed by atoms with E-state index in [0.29, 0.717) is 10.8 Å². The van der Waals surface area contributed by atoms with Crippen LogP contribution in [-0.2, 0) is 4.79 Å². The van der Waals surface area contributed by atoms with Gasteiger partial charge in [-0.05, 0) is 11.5 Å². The van der Waals surface area contributed by atoms with Crippen LogP contribution < -0.4 is 5.32 Å². The first kappa shape index (κ1) is 18.2. The third kappa shape index (κ3) is 3.15. The van der Waals surface area contributed by atoms with Crippen molar-refractivity contribution < 1.29 is 9.72 Å². The number of carbonyl (C=O) groups excluding carboxylic acids is 1.